The standard InChI is InChI=1S/C13H18N2/c14-7-10-1-3-13(4-2-10)15-8-11-5-12(6-11)9-15/h1-4,11-12H,5-9,14H2. The predicted molar refractivity (Wildman–Crippen MR) is 62.8 cm³/mol. The minimum atomic E-state index is 0.644. The third-order valence-electron chi connectivity index (χ3n) is 3.83. The second-order valence-electron chi connectivity index (χ2n) is 4.98. The van der Waals surface area contributed by atoms with Gasteiger partial charge in [-0.05, 0) is 42.4 Å². The Morgan fingerprint density at radius 2 is 1.67 bits per heavy atom. The van der Waals surface area contributed by atoms with Gasteiger partial charge in [0.25, 0.3) is 0 Å². The second kappa shape index (κ2) is 3.53. The van der Waals surface area contributed by atoms with E-state index in [-0.39, 0.29) is 0 Å². The molecule has 1 saturated carbocycles. The summed E-state index contributed by atoms with van der Waals surface area (Å²) < 4.78 is 0. The molecule has 3 fully saturated rings. The highest BCUT2D eigenvalue weighted by Crippen LogP contribution is 2.40. The van der Waals surface area contributed by atoms with Gasteiger partial charge in [-0.15, -0.1) is 0 Å². The maximum absolute atomic E-state index is 5.59. The monoisotopic (exact) mass is 202 g/mol. The first kappa shape index (κ1) is 9.22. The van der Waals surface area contributed by atoms with Gasteiger partial charge in [0.1, 0.15) is 0 Å². The molecule has 2 N–H and O–H groups in total. The molecule has 0 radical (unpaired) electrons. The minimum Gasteiger partial charge on any atom is -0.371 e. The Labute approximate surface area is 91.1 Å². The van der Waals surface area contributed by atoms with E-state index in [4.69, 9.17) is 5.73 Å². The van der Waals surface area contributed by atoms with Crippen molar-refractivity contribution in [1.29, 1.82) is 0 Å². The zero-order valence-corrected chi connectivity index (χ0v) is 9.02. The Hall–Kier alpha value is -1.02. The Balaban J connectivity index is 1.75. The number of nitrogens with two attached hydrogens (primary N) is 1. The summed E-state index contributed by atoms with van der Waals surface area (Å²) in [6.07, 6.45) is 2.94. The van der Waals surface area contributed by atoms with Crippen molar-refractivity contribution >= 4 is 5.69 Å². The van der Waals surface area contributed by atoms with Crippen LogP contribution in [-0.4, -0.2) is 13.1 Å². The van der Waals surface area contributed by atoms with Gasteiger partial charge >= 0.3 is 0 Å². The van der Waals surface area contributed by atoms with Gasteiger partial charge in [0.15, 0.2) is 0 Å². The van der Waals surface area contributed by atoms with E-state index in [0.29, 0.717) is 6.54 Å². The molecule has 2 nitrogen and oxygen atoms in total. The lowest BCUT2D eigenvalue weighted by molar-refractivity contribution is 0.159. The summed E-state index contributed by atoms with van der Waals surface area (Å²) >= 11 is 0. The van der Waals surface area contributed by atoms with E-state index < -0.39 is 0 Å². The number of anilines is 1. The number of piperidine rings is 2. The summed E-state index contributed by atoms with van der Waals surface area (Å²) in [4.78, 5) is 2.53. The van der Waals surface area contributed by atoms with Crippen molar-refractivity contribution in [2.45, 2.75) is 19.4 Å². The lowest BCUT2D eigenvalue weighted by Crippen LogP contribution is -2.48. The molecule has 2 heteroatoms. The van der Waals surface area contributed by atoms with E-state index >= 15 is 0 Å². The first-order valence-corrected chi connectivity index (χ1v) is 5.89. The van der Waals surface area contributed by atoms with Crippen LogP contribution < -0.4 is 10.6 Å². The molecule has 1 aromatic carbocycles. The fourth-order valence-corrected chi connectivity index (χ4v) is 2.92. The third kappa shape index (κ3) is 1.63. The molecule has 4 rings (SSSR count). The first-order chi connectivity index (χ1) is 7.35. The van der Waals surface area contributed by atoms with Crippen molar-refractivity contribution in [3.05, 3.63) is 29.8 Å². The number of hydrogen-bond acceptors (Lipinski definition) is 2. The fourth-order valence-electron chi connectivity index (χ4n) is 2.92. The molecule has 0 amide bonds. The van der Waals surface area contributed by atoms with E-state index in [1.807, 2.05) is 0 Å². The zero-order chi connectivity index (χ0) is 10.3. The molecular weight excluding hydrogens is 184 g/mol. The average Bonchev–Trinajstić information content (AvgIpc) is 2.28. The van der Waals surface area contributed by atoms with Crippen molar-refractivity contribution in [3.63, 3.8) is 0 Å². The molecular formula is C13H18N2. The van der Waals surface area contributed by atoms with Crippen LogP contribution in [-0.2, 0) is 6.54 Å². The summed E-state index contributed by atoms with van der Waals surface area (Å²) in [6, 6.07) is 8.73. The first-order valence-electron chi connectivity index (χ1n) is 5.89. The third-order valence-corrected chi connectivity index (χ3v) is 3.83. The van der Waals surface area contributed by atoms with Crippen LogP contribution in [0, 0.1) is 11.8 Å². The molecule has 2 heterocycles. The van der Waals surface area contributed by atoms with Crippen molar-refractivity contribution in [2.24, 2.45) is 17.6 Å². The van der Waals surface area contributed by atoms with Crippen molar-refractivity contribution in [2.75, 3.05) is 18.0 Å². The summed E-state index contributed by atoms with van der Waals surface area (Å²) in [5.41, 5.74) is 8.19. The SMILES string of the molecule is NCc1ccc(N2CC3CC(C3)C2)cc1. The maximum Gasteiger partial charge on any atom is 0.0366 e. The van der Waals surface area contributed by atoms with Gasteiger partial charge in [-0.25, -0.2) is 0 Å². The molecule has 2 saturated heterocycles. The Bertz CT molecular complexity index is 328. The Kier molecular flexibility index (Phi) is 2.17. The molecule has 2 aliphatic heterocycles. The van der Waals surface area contributed by atoms with Gasteiger partial charge in [0.2, 0.25) is 0 Å². The average molecular weight is 202 g/mol. The minimum absolute atomic E-state index is 0.644. The summed E-state index contributed by atoms with van der Waals surface area (Å²) in [7, 11) is 0. The number of nitrogens with zero attached hydrogens (tertiary/aromatic N) is 1. The summed E-state index contributed by atoms with van der Waals surface area (Å²) in [6.45, 7) is 3.17. The number of rotatable bonds is 2. The topological polar surface area (TPSA) is 29.3 Å². The van der Waals surface area contributed by atoms with Gasteiger partial charge in [0.05, 0.1) is 0 Å². The molecule has 1 aliphatic carbocycles. The molecule has 80 valence electrons. The molecule has 0 unspecified atom stereocenters. The fraction of sp³-hybridized carbons (Fsp3) is 0.538. The van der Waals surface area contributed by atoms with E-state index in [2.05, 4.69) is 29.2 Å². The van der Waals surface area contributed by atoms with Gasteiger partial charge in [-0.3, -0.25) is 0 Å². The van der Waals surface area contributed by atoms with Crippen LogP contribution in [0.3, 0.4) is 0 Å². The maximum atomic E-state index is 5.59. The lowest BCUT2D eigenvalue weighted by atomic mass is 9.71. The molecule has 0 aromatic heterocycles. The molecule has 15 heavy (non-hydrogen) atoms. The summed E-state index contributed by atoms with van der Waals surface area (Å²) in [5, 5.41) is 0. The normalized spacial score (nSPS) is 28.7. The van der Waals surface area contributed by atoms with Crippen LogP contribution in [0.25, 0.3) is 0 Å². The quantitative estimate of drug-likeness (QED) is 0.794. The smallest absolute Gasteiger partial charge is 0.0366 e. The molecule has 1 aromatic rings. The highest BCUT2D eigenvalue weighted by atomic mass is 15.2. The van der Waals surface area contributed by atoms with Crippen molar-refractivity contribution < 1.29 is 0 Å². The van der Waals surface area contributed by atoms with E-state index in [0.717, 1.165) is 11.8 Å². The van der Waals surface area contributed by atoms with Crippen molar-refractivity contribution in [3.8, 4) is 0 Å². The second-order valence-corrected chi connectivity index (χ2v) is 4.98. The van der Waals surface area contributed by atoms with Crippen LogP contribution >= 0.6 is 0 Å². The largest absolute Gasteiger partial charge is 0.371 e. The highest BCUT2D eigenvalue weighted by molar-refractivity contribution is 5.48. The summed E-state index contributed by atoms with van der Waals surface area (Å²) in [5.74, 6) is 1.94. The number of benzene rings is 1. The molecule has 0 spiro atoms. The van der Waals surface area contributed by atoms with E-state index in [1.54, 1.807) is 0 Å². The molecule has 3 aliphatic rings. The van der Waals surface area contributed by atoms with Gasteiger partial charge in [0, 0.05) is 25.3 Å². The molecule has 2 bridgehead atoms. The van der Waals surface area contributed by atoms with E-state index in [9.17, 15) is 0 Å². The Morgan fingerprint density at radius 1 is 1.07 bits per heavy atom. The van der Waals surface area contributed by atoms with Crippen molar-refractivity contribution in [1.82, 2.24) is 0 Å². The lowest BCUT2D eigenvalue weighted by Gasteiger charge is -2.48. The van der Waals surface area contributed by atoms with E-state index in [1.165, 1.54) is 37.2 Å². The van der Waals surface area contributed by atoms with Crippen LogP contribution in [0.15, 0.2) is 24.3 Å². The van der Waals surface area contributed by atoms with Gasteiger partial charge in [-0.1, -0.05) is 12.1 Å². The number of fused-ring (bicyclic) bond motifs is 2. The van der Waals surface area contributed by atoms with Gasteiger partial charge < -0.3 is 10.6 Å². The van der Waals surface area contributed by atoms with Gasteiger partial charge in [-0.2, -0.15) is 0 Å². The van der Waals surface area contributed by atoms with Crippen LogP contribution in [0.4, 0.5) is 5.69 Å². The Morgan fingerprint density at radius 3 is 2.20 bits per heavy atom. The zero-order valence-electron chi connectivity index (χ0n) is 9.02. The van der Waals surface area contributed by atoms with Crippen LogP contribution in [0.5, 0.6) is 0 Å². The molecule has 0 atom stereocenters. The number of hydrogen-bond donors (Lipinski definition) is 1. The van der Waals surface area contributed by atoms with Crippen LogP contribution in [0.1, 0.15) is 18.4 Å². The van der Waals surface area contributed by atoms with Crippen LogP contribution in [0.2, 0.25) is 0 Å². The predicted octanol–water partition coefficient (Wildman–Crippen LogP) is 1.99. The highest BCUT2D eigenvalue weighted by Gasteiger charge is 2.36.